The third kappa shape index (κ3) is 8.36. The molecule has 1 unspecified atom stereocenters. The highest BCUT2D eigenvalue weighted by Gasteiger charge is 2.17. The first kappa shape index (κ1) is 29.7. The summed E-state index contributed by atoms with van der Waals surface area (Å²) in [7, 11) is 0. The number of aromatic nitrogens is 2. The van der Waals surface area contributed by atoms with E-state index in [1.165, 1.54) is 0 Å². The van der Waals surface area contributed by atoms with E-state index in [4.69, 9.17) is 49.9 Å². The van der Waals surface area contributed by atoms with Crippen molar-refractivity contribution in [3.8, 4) is 11.5 Å². The fourth-order valence-electron chi connectivity index (χ4n) is 3.97. The summed E-state index contributed by atoms with van der Waals surface area (Å²) in [6.45, 7) is 2.48. The van der Waals surface area contributed by atoms with Gasteiger partial charge in [-0.05, 0) is 62.2 Å². The van der Waals surface area contributed by atoms with Crippen LogP contribution in [0.25, 0.3) is 11.0 Å². The number of nitrogens with one attached hydrogen (secondary N) is 1. The average Bonchev–Trinajstić information content (AvgIpc) is 3.36. The van der Waals surface area contributed by atoms with Crippen LogP contribution in [-0.4, -0.2) is 40.1 Å². The van der Waals surface area contributed by atoms with E-state index >= 15 is 0 Å². The smallest absolute Gasteiger partial charge is 0.242 e. The summed E-state index contributed by atoms with van der Waals surface area (Å²) in [5.41, 5.74) is 20.5. The molecule has 0 fully saturated rings. The van der Waals surface area contributed by atoms with Gasteiger partial charge in [0.25, 0.3) is 0 Å². The van der Waals surface area contributed by atoms with E-state index in [1.807, 2.05) is 24.3 Å². The summed E-state index contributed by atoms with van der Waals surface area (Å²) < 4.78 is 12.2. The van der Waals surface area contributed by atoms with Crippen LogP contribution in [0.15, 0.2) is 70.6 Å². The molecule has 1 aromatic heterocycles. The zero-order chi connectivity index (χ0) is 29.4. The molecule has 10 nitrogen and oxygen atoms in total. The maximum Gasteiger partial charge on any atom is 0.242 e. The first-order valence-corrected chi connectivity index (χ1v) is 13.6. The van der Waals surface area contributed by atoms with Crippen molar-refractivity contribution in [1.29, 1.82) is 0 Å². The number of nitrogens with zero attached hydrogens (tertiary/aromatic N) is 3. The number of para-hydroxylation sites is 2. The van der Waals surface area contributed by atoms with Gasteiger partial charge in [0.15, 0.2) is 11.5 Å². The molecule has 3 aromatic carbocycles. The summed E-state index contributed by atoms with van der Waals surface area (Å²) in [6.07, 6.45) is 0.952. The molecule has 0 aliphatic carbocycles. The van der Waals surface area contributed by atoms with Crippen LogP contribution in [0, 0.1) is 0 Å². The third-order valence-electron chi connectivity index (χ3n) is 6.06. The van der Waals surface area contributed by atoms with Gasteiger partial charge in [-0.3, -0.25) is 14.8 Å². The topological polar surface area (TPSA) is 167 Å². The molecular weight excluding hydrogens is 565 g/mol. The van der Waals surface area contributed by atoms with Crippen LogP contribution in [0.3, 0.4) is 0 Å². The van der Waals surface area contributed by atoms with Crippen molar-refractivity contribution in [1.82, 2.24) is 9.97 Å². The Morgan fingerprint density at radius 1 is 1.00 bits per heavy atom. The summed E-state index contributed by atoms with van der Waals surface area (Å²) in [6, 6.07) is 17.2. The number of rotatable bonds is 13. The predicted molar refractivity (Wildman–Crippen MR) is 163 cm³/mol. The summed E-state index contributed by atoms with van der Waals surface area (Å²) in [5.74, 6) is 1.52. The average molecular weight is 597 g/mol. The number of H-pyrrole nitrogens is 1. The van der Waals surface area contributed by atoms with Gasteiger partial charge < -0.3 is 31.7 Å². The number of imidazole rings is 1. The van der Waals surface area contributed by atoms with Crippen LogP contribution in [0.2, 0.25) is 10.0 Å². The van der Waals surface area contributed by atoms with Crippen molar-refractivity contribution in [3.05, 3.63) is 87.7 Å². The molecule has 41 heavy (non-hydrogen) atoms. The second-order valence-corrected chi connectivity index (χ2v) is 10.1. The number of hydrogen-bond acceptors (Lipinski definition) is 6. The molecule has 0 radical (unpaired) electrons. The number of primary amides is 1. The number of fused-ring (bicyclic) bond motifs is 1. The van der Waals surface area contributed by atoms with Gasteiger partial charge in [-0.15, -0.1) is 0 Å². The normalized spacial score (nSPS) is 12.9. The van der Waals surface area contributed by atoms with Crippen molar-refractivity contribution in [2.45, 2.75) is 39.0 Å². The highest BCUT2D eigenvalue weighted by molar-refractivity contribution is 6.35. The Kier molecular flexibility index (Phi) is 10.0. The number of amides is 1. The number of carbonyl (C=O) groups excluding carboxylic acids is 1. The minimum atomic E-state index is -0.815. The van der Waals surface area contributed by atoms with Crippen LogP contribution in [0.1, 0.15) is 36.7 Å². The maximum absolute atomic E-state index is 12.0. The van der Waals surface area contributed by atoms with Crippen molar-refractivity contribution in [2.75, 3.05) is 6.54 Å². The second kappa shape index (κ2) is 13.9. The number of benzene rings is 3. The molecule has 214 valence electrons. The van der Waals surface area contributed by atoms with Gasteiger partial charge in [0.05, 0.1) is 16.9 Å². The minimum Gasteiger partial charge on any atom is -0.485 e. The van der Waals surface area contributed by atoms with E-state index < -0.39 is 11.9 Å². The predicted octanol–water partition coefficient (Wildman–Crippen LogP) is 4.74. The zero-order valence-corrected chi connectivity index (χ0v) is 24.0. The Morgan fingerprint density at radius 2 is 1.78 bits per heavy atom. The highest BCUT2D eigenvalue weighted by Crippen LogP contribution is 2.31. The van der Waals surface area contributed by atoms with Crippen molar-refractivity contribution < 1.29 is 14.3 Å². The molecule has 0 bridgehead atoms. The van der Waals surface area contributed by atoms with Crippen molar-refractivity contribution in [3.63, 3.8) is 0 Å². The Balaban J connectivity index is 1.56. The Bertz CT molecular complexity index is 1550. The molecule has 4 aromatic rings. The van der Waals surface area contributed by atoms with Crippen LogP contribution >= 0.6 is 23.2 Å². The number of carbonyl (C=O) groups is 1. The SMILES string of the molecule is CC(N)=NCCCC(N=C(N)c1ccc(OCc2nc3ccccc3[nH]2)c(OCc2ccc(Cl)cc2Cl)c1)C(N)=O. The molecular formula is C29H31Cl2N7O3. The lowest BCUT2D eigenvalue weighted by atomic mass is 10.1. The molecule has 0 saturated heterocycles. The van der Waals surface area contributed by atoms with E-state index in [1.54, 1.807) is 43.3 Å². The van der Waals surface area contributed by atoms with Gasteiger partial charge in [0, 0.05) is 27.7 Å². The van der Waals surface area contributed by atoms with Gasteiger partial charge in [0.1, 0.15) is 30.9 Å². The molecule has 0 spiro atoms. The summed E-state index contributed by atoms with van der Waals surface area (Å²) in [4.78, 5) is 28.4. The number of amidine groups is 2. The summed E-state index contributed by atoms with van der Waals surface area (Å²) >= 11 is 12.4. The van der Waals surface area contributed by atoms with Crippen molar-refractivity contribution >= 4 is 51.8 Å². The second-order valence-electron chi connectivity index (χ2n) is 9.27. The molecule has 1 amide bonds. The molecule has 12 heteroatoms. The molecule has 4 rings (SSSR count). The number of halogens is 2. The van der Waals surface area contributed by atoms with Crippen LogP contribution in [0.5, 0.6) is 11.5 Å². The van der Waals surface area contributed by atoms with Gasteiger partial charge in [-0.2, -0.15) is 0 Å². The Labute approximate surface area is 247 Å². The quantitative estimate of drug-likeness (QED) is 0.0988. The molecule has 1 heterocycles. The number of ether oxygens (including phenoxy) is 2. The van der Waals surface area contributed by atoms with Crippen LogP contribution in [0.4, 0.5) is 0 Å². The Morgan fingerprint density at radius 3 is 2.51 bits per heavy atom. The first-order valence-electron chi connectivity index (χ1n) is 12.9. The van der Waals surface area contributed by atoms with E-state index in [2.05, 4.69) is 20.0 Å². The third-order valence-corrected chi connectivity index (χ3v) is 6.65. The van der Waals surface area contributed by atoms with E-state index in [-0.39, 0.29) is 19.0 Å². The van der Waals surface area contributed by atoms with Crippen LogP contribution < -0.4 is 26.7 Å². The fourth-order valence-corrected chi connectivity index (χ4v) is 4.43. The molecule has 1 atom stereocenters. The zero-order valence-electron chi connectivity index (χ0n) is 22.4. The van der Waals surface area contributed by atoms with Gasteiger partial charge in [0.2, 0.25) is 5.91 Å². The first-order chi connectivity index (χ1) is 19.7. The fraction of sp³-hybridized carbons (Fsp3) is 0.241. The molecule has 0 aliphatic heterocycles. The van der Waals surface area contributed by atoms with E-state index in [9.17, 15) is 4.79 Å². The van der Waals surface area contributed by atoms with Gasteiger partial charge in [-0.1, -0.05) is 41.4 Å². The lowest BCUT2D eigenvalue weighted by Gasteiger charge is -2.15. The number of hydrogen-bond donors (Lipinski definition) is 4. The number of aliphatic imine (C=N–C) groups is 2. The minimum absolute atomic E-state index is 0.130. The lowest BCUT2D eigenvalue weighted by Crippen LogP contribution is -2.30. The van der Waals surface area contributed by atoms with Gasteiger partial charge >= 0.3 is 0 Å². The van der Waals surface area contributed by atoms with E-state index in [0.717, 1.165) is 16.6 Å². The number of aromatic amines is 1. The van der Waals surface area contributed by atoms with Crippen LogP contribution in [-0.2, 0) is 18.0 Å². The van der Waals surface area contributed by atoms with Gasteiger partial charge in [-0.25, -0.2) is 4.98 Å². The summed E-state index contributed by atoms with van der Waals surface area (Å²) in [5, 5.41) is 0.992. The van der Waals surface area contributed by atoms with Crippen molar-refractivity contribution in [2.24, 2.45) is 27.2 Å². The Hall–Kier alpha value is -4.28. The maximum atomic E-state index is 12.0. The van der Waals surface area contributed by atoms with E-state index in [0.29, 0.717) is 58.2 Å². The standard InChI is InChI=1S/C29H31Cl2N7O3/c1-17(32)35-12-4-7-24(29(34)39)38-28(33)18-9-11-25(41-16-27-36-22-5-2-3-6-23(22)37-27)26(13-18)40-15-19-8-10-20(30)14-21(19)31/h2-3,5-6,8-11,13-14,24H,4,7,12,15-16H2,1H3,(H2,32,35)(H2,33,38)(H2,34,39)(H,36,37). The molecule has 7 N–H and O–H groups in total. The number of nitrogens with two attached hydrogens (primary N) is 3. The lowest BCUT2D eigenvalue weighted by molar-refractivity contribution is -0.119. The molecule has 0 saturated carbocycles. The highest BCUT2D eigenvalue weighted by atomic mass is 35.5. The monoisotopic (exact) mass is 595 g/mol. The molecule has 0 aliphatic rings. The largest absolute Gasteiger partial charge is 0.485 e.